The van der Waals surface area contributed by atoms with E-state index in [1.165, 1.54) is 6.08 Å². The molecule has 0 saturated carbocycles. The number of likely N-dealkylation sites (tertiary alicyclic amines) is 1. The largest absolute Gasteiger partial charge is 0.393 e. The van der Waals surface area contributed by atoms with E-state index in [9.17, 15) is 14.7 Å². The quantitative estimate of drug-likeness (QED) is 0.691. The van der Waals surface area contributed by atoms with Crippen molar-refractivity contribution in [3.63, 3.8) is 0 Å². The molecule has 6 nitrogen and oxygen atoms in total. The number of piperazine rings is 1. The monoisotopic (exact) mass is 439 g/mol. The lowest BCUT2D eigenvalue weighted by molar-refractivity contribution is -0.142. The molecule has 2 saturated heterocycles. The Hall–Kier alpha value is -1.60. The fraction of sp³-hybridized carbons (Fsp3) is 0.524. The van der Waals surface area contributed by atoms with Crippen LogP contribution in [0.3, 0.4) is 0 Å². The van der Waals surface area contributed by atoms with E-state index in [2.05, 4.69) is 4.90 Å². The van der Waals surface area contributed by atoms with Crippen molar-refractivity contribution in [1.29, 1.82) is 0 Å². The molecule has 29 heavy (non-hydrogen) atoms. The van der Waals surface area contributed by atoms with Gasteiger partial charge in [-0.15, -0.1) is 0 Å². The van der Waals surface area contributed by atoms with Crippen LogP contribution in [-0.4, -0.2) is 83.5 Å². The predicted molar refractivity (Wildman–Crippen MR) is 115 cm³/mol. The lowest BCUT2D eigenvalue weighted by Gasteiger charge is -2.35. The van der Waals surface area contributed by atoms with Crippen LogP contribution in [0.15, 0.2) is 24.3 Å². The number of piperidine rings is 1. The topological polar surface area (TPSA) is 64.1 Å². The fourth-order valence-electron chi connectivity index (χ4n) is 3.65. The van der Waals surface area contributed by atoms with Gasteiger partial charge in [0.2, 0.25) is 11.8 Å². The summed E-state index contributed by atoms with van der Waals surface area (Å²) < 4.78 is 0. The van der Waals surface area contributed by atoms with Gasteiger partial charge < -0.3 is 19.8 Å². The highest BCUT2D eigenvalue weighted by Gasteiger charge is 2.26. The SMILES string of the molecule is O=C(C=Cc1ccc(Cl)c(Cl)c1)N1CCN(CCCN2CCC(O)CC2)C(=O)C1. The van der Waals surface area contributed by atoms with E-state index < -0.39 is 0 Å². The molecule has 2 amide bonds. The van der Waals surface area contributed by atoms with Crippen molar-refractivity contribution in [2.75, 3.05) is 45.8 Å². The zero-order valence-corrected chi connectivity index (χ0v) is 17.9. The Kier molecular flexibility index (Phi) is 7.95. The van der Waals surface area contributed by atoms with Gasteiger partial charge in [0, 0.05) is 38.8 Å². The number of hydrogen-bond acceptors (Lipinski definition) is 4. The average molecular weight is 440 g/mol. The lowest BCUT2D eigenvalue weighted by atomic mass is 10.1. The summed E-state index contributed by atoms with van der Waals surface area (Å²) >= 11 is 11.9. The maximum atomic E-state index is 12.4. The smallest absolute Gasteiger partial charge is 0.247 e. The number of benzene rings is 1. The zero-order chi connectivity index (χ0) is 20.8. The first kappa shape index (κ1) is 22.1. The summed E-state index contributed by atoms with van der Waals surface area (Å²) in [5.74, 6) is -0.197. The van der Waals surface area contributed by atoms with Crippen molar-refractivity contribution in [2.45, 2.75) is 25.4 Å². The van der Waals surface area contributed by atoms with E-state index in [1.807, 2.05) is 4.90 Å². The zero-order valence-electron chi connectivity index (χ0n) is 16.4. The number of carbonyl (C=O) groups excluding carboxylic acids is 2. The van der Waals surface area contributed by atoms with Crippen LogP contribution in [0, 0.1) is 0 Å². The van der Waals surface area contributed by atoms with Gasteiger partial charge in [0.15, 0.2) is 0 Å². The molecule has 0 atom stereocenters. The third kappa shape index (κ3) is 6.44. The molecule has 1 aromatic rings. The van der Waals surface area contributed by atoms with Crippen LogP contribution in [-0.2, 0) is 9.59 Å². The Morgan fingerprint density at radius 2 is 1.86 bits per heavy atom. The number of nitrogens with zero attached hydrogens (tertiary/aromatic N) is 3. The molecule has 2 aliphatic heterocycles. The molecule has 1 N–H and O–H groups in total. The van der Waals surface area contributed by atoms with Gasteiger partial charge in [-0.3, -0.25) is 9.59 Å². The second-order valence-corrected chi connectivity index (χ2v) is 8.39. The maximum absolute atomic E-state index is 12.4. The first-order valence-corrected chi connectivity index (χ1v) is 10.8. The second-order valence-electron chi connectivity index (χ2n) is 7.57. The number of amides is 2. The van der Waals surface area contributed by atoms with Crippen molar-refractivity contribution in [3.05, 3.63) is 39.9 Å². The van der Waals surface area contributed by atoms with Crippen LogP contribution in [0.1, 0.15) is 24.8 Å². The van der Waals surface area contributed by atoms with Crippen molar-refractivity contribution < 1.29 is 14.7 Å². The standard InChI is InChI=1S/C21H27Cl2N3O3/c22-18-4-2-16(14-19(18)23)3-5-20(28)26-13-12-25(21(29)15-26)9-1-8-24-10-6-17(27)7-11-24/h2-5,14,17,27H,1,6-13,15H2. The summed E-state index contributed by atoms with van der Waals surface area (Å²) in [7, 11) is 0. The third-order valence-corrected chi connectivity index (χ3v) is 6.19. The van der Waals surface area contributed by atoms with Crippen LogP contribution in [0.2, 0.25) is 10.0 Å². The van der Waals surface area contributed by atoms with E-state index in [0.29, 0.717) is 29.7 Å². The molecule has 0 aliphatic carbocycles. The van der Waals surface area contributed by atoms with Crippen LogP contribution < -0.4 is 0 Å². The van der Waals surface area contributed by atoms with E-state index in [1.54, 1.807) is 29.2 Å². The summed E-state index contributed by atoms with van der Waals surface area (Å²) in [6.07, 6.45) is 5.55. The molecule has 0 spiro atoms. The Bertz CT molecular complexity index is 764. The van der Waals surface area contributed by atoms with Gasteiger partial charge in [-0.25, -0.2) is 0 Å². The molecule has 2 heterocycles. The van der Waals surface area contributed by atoms with Crippen LogP contribution >= 0.6 is 23.2 Å². The summed E-state index contributed by atoms with van der Waals surface area (Å²) in [6, 6.07) is 5.16. The molecule has 2 aliphatic rings. The number of hydrogen-bond donors (Lipinski definition) is 1. The summed E-state index contributed by atoms with van der Waals surface area (Å²) in [5, 5.41) is 10.5. The summed E-state index contributed by atoms with van der Waals surface area (Å²) in [4.78, 5) is 30.6. The van der Waals surface area contributed by atoms with E-state index >= 15 is 0 Å². The van der Waals surface area contributed by atoms with Crippen LogP contribution in [0.4, 0.5) is 0 Å². The molecule has 0 bridgehead atoms. The number of aliphatic hydroxyl groups excluding tert-OH is 1. The average Bonchev–Trinajstić information content (AvgIpc) is 2.71. The molecular weight excluding hydrogens is 413 g/mol. The highest BCUT2D eigenvalue weighted by Crippen LogP contribution is 2.23. The molecule has 2 fully saturated rings. The first-order chi connectivity index (χ1) is 13.9. The van der Waals surface area contributed by atoms with Crippen molar-refractivity contribution in [1.82, 2.24) is 14.7 Å². The number of halogens is 2. The van der Waals surface area contributed by atoms with Crippen molar-refractivity contribution in [2.24, 2.45) is 0 Å². The normalized spacial score (nSPS) is 19.3. The second kappa shape index (κ2) is 10.4. The molecule has 158 valence electrons. The van der Waals surface area contributed by atoms with Gasteiger partial charge in [0.25, 0.3) is 0 Å². The van der Waals surface area contributed by atoms with Gasteiger partial charge in [-0.2, -0.15) is 0 Å². The van der Waals surface area contributed by atoms with E-state index in [4.69, 9.17) is 23.2 Å². The molecule has 0 radical (unpaired) electrons. The van der Waals surface area contributed by atoms with Gasteiger partial charge in [0.05, 0.1) is 16.1 Å². The van der Waals surface area contributed by atoms with E-state index in [0.717, 1.165) is 44.5 Å². The van der Waals surface area contributed by atoms with Gasteiger partial charge in [-0.1, -0.05) is 29.3 Å². The third-order valence-electron chi connectivity index (χ3n) is 5.45. The molecule has 0 aromatic heterocycles. The van der Waals surface area contributed by atoms with Gasteiger partial charge in [-0.05, 0) is 49.6 Å². The van der Waals surface area contributed by atoms with Gasteiger partial charge in [0.1, 0.15) is 6.54 Å². The first-order valence-electron chi connectivity index (χ1n) is 10.0. The van der Waals surface area contributed by atoms with Gasteiger partial charge >= 0.3 is 0 Å². The minimum atomic E-state index is -0.184. The van der Waals surface area contributed by atoms with E-state index in [-0.39, 0.29) is 24.5 Å². The molecular formula is C21H27Cl2N3O3. The molecule has 1 aromatic carbocycles. The lowest BCUT2D eigenvalue weighted by Crippen LogP contribution is -2.52. The summed E-state index contributed by atoms with van der Waals surface area (Å²) in [6.45, 7) is 4.69. The highest BCUT2D eigenvalue weighted by molar-refractivity contribution is 6.42. The minimum Gasteiger partial charge on any atom is -0.393 e. The number of rotatable bonds is 6. The highest BCUT2D eigenvalue weighted by atomic mass is 35.5. The molecule has 8 heteroatoms. The number of carbonyl (C=O) groups is 2. The maximum Gasteiger partial charge on any atom is 0.247 e. The van der Waals surface area contributed by atoms with Crippen LogP contribution in [0.25, 0.3) is 6.08 Å². The van der Waals surface area contributed by atoms with Crippen LogP contribution in [0.5, 0.6) is 0 Å². The Morgan fingerprint density at radius 1 is 1.10 bits per heavy atom. The Balaban J connectivity index is 1.41. The fourth-order valence-corrected chi connectivity index (χ4v) is 3.96. The van der Waals surface area contributed by atoms with Crippen molar-refractivity contribution >= 4 is 41.1 Å². The summed E-state index contributed by atoms with van der Waals surface area (Å²) in [5.41, 5.74) is 0.781. The molecule has 3 rings (SSSR count). The predicted octanol–water partition coefficient (Wildman–Crippen LogP) is 2.52. The Labute approximate surface area is 181 Å². The van der Waals surface area contributed by atoms with Crippen molar-refractivity contribution in [3.8, 4) is 0 Å². The minimum absolute atomic E-state index is 0.0124. The number of aliphatic hydroxyl groups is 1. The molecule has 0 unspecified atom stereocenters. The Morgan fingerprint density at radius 3 is 2.55 bits per heavy atom.